The number of carbonyl (C=O) groups excluding carboxylic acids is 1. The molecule has 4 rings (SSSR count). The maximum atomic E-state index is 13.5. The second-order valence-electron chi connectivity index (χ2n) is 8.33. The van der Waals surface area contributed by atoms with E-state index in [1.807, 2.05) is 44.6 Å². The minimum absolute atomic E-state index is 0.0710. The summed E-state index contributed by atoms with van der Waals surface area (Å²) in [4.78, 5) is 25.6. The zero-order valence-electron chi connectivity index (χ0n) is 20.6. The molecule has 3 aromatic heterocycles. The highest BCUT2D eigenvalue weighted by molar-refractivity contribution is 7.20. The van der Waals surface area contributed by atoms with Crippen LogP contribution in [0.4, 0.5) is 0 Å². The third-order valence-electron chi connectivity index (χ3n) is 5.99. The third-order valence-corrected chi connectivity index (χ3v) is 7.16. The summed E-state index contributed by atoms with van der Waals surface area (Å²) in [6, 6.07) is 8.15. The number of aromatic nitrogens is 4. The molecule has 0 radical (unpaired) electrons. The topological polar surface area (TPSA) is 82.4 Å². The molecule has 9 heteroatoms. The standard InChI is InChI=1S/C25H29N5O3S/c1-14-10-8-9-11-19(14)30-17(4)18(16(3)28-30)12-29(5)25(31)22-15(2)21-23(33-7)26-20(13-32-6)27-24(21)34-22/h8-11H,12-13H2,1-7H3. The number of hydrogen-bond donors (Lipinski definition) is 0. The van der Waals surface area contributed by atoms with E-state index in [0.29, 0.717) is 28.0 Å². The van der Waals surface area contributed by atoms with Crippen molar-refractivity contribution in [1.29, 1.82) is 0 Å². The summed E-state index contributed by atoms with van der Waals surface area (Å²) >= 11 is 1.35. The Labute approximate surface area is 203 Å². The lowest BCUT2D eigenvalue weighted by Gasteiger charge is -2.17. The van der Waals surface area contributed by atoms with E-state index in [2.05, 4.69) is 29.0 Å². The normalized spacial score (nSPS) is 11.3. The molecular weight excluding hydrogens is 450 g/mol. The fraction of sp³-hybridized carbons (Fsp3) is 0.360. The van der Waals surface area contributed by atoms with Gasteiger partial charge in [-0.25, -0.2) is 9.67 Å². The second-order valence-corrected chi connectivity index (χ2v) is 9.33. The molecule has 0 atom stereocenters. The Kier molecular flexibility index (Phi) is 6.67. The van der Waals surface area contributed by atoms with Crippen LogP contribution in [0.3, 0.4) is 0 Å². The van der Waals surface area contributed by atoms with Gasteiger partial charge in [0, 0.05) is 32.0 Å². The lowest BCUT2D eigenvalue weighted by molar-refractivity contribution is 0.0789. The van der Waals surface area contributed by atoms with Gasteiger partial charge >= 0.3 is 0 Å². The zero-order valence-corrected chi connectivity index (χ0v) is 21.4. The van der Waals surface area contributed by atoms with Gasteiger partial charge in [0.1, 0.15) is 11.4 Å². The maximum Gasteiger partial charge on any atom is 0.264 e. The number of ether oxygens (including phenoxy) is 2. The van der Waals surface area contributed by atoms with E-state index in [-0.39, 0.29) is 12.5 Å². The quantitative estimate of drug-likeness (QED) is 0.387. The number of nitrogens with zero attached hydrogens (tertiary/aromatic N) is 5. The van der Waals surface area contributed by atoms with Crippen molar-refractivity contribution in [2.24, 2.45) is 0 Å². The average molecular weight is 480 g/mol. The first kappa shape index (κ1) is 23.8. The lowest BCUT2D eigenvalue weighted by atomic mass is 10.1. The summed E-state index contributed by atoms with van der Waals surface area (Å²) in [6.45, 7) is 8.74. The first-order valence-corrected chi connectivity index (χ1v) is 11.8. The first-order valence-electron chi connectivity index (χ1n) is 11.0. The molecule has 34 heavy (non-hydrogen) atoms. The van der Waals surface area contributed by atoms with E-state index < -0.39 is 0 Å². The summed E-state index contributed by atoms with van der Waals surface area (Å²) in [5.74, 6) is 0.910. The molecule has 0 saturated carbocycles. The van der Waals surface area contributed by atoms with Crippen LogP contribution < -0.4 is 4.74 Å². The van der Waals surface area contributed by atoms with Crippen LogP contribution in [0.25, 0.3) is 15.9 Å². The second kappa shape index (κ2) is 9.52. The first-order chi connectivity index (χ1) is 16.3. The number of aryl methyl sites for hydroxylation is 3. The number of para-hydroxylation sites is 1. The van der Waals surface area contributed by atoms with E-state index in [1.165, 1.54) is 11.3 Å². The molecule has 1 amide bonds. The van der Waals surface area contributed by atoms with Gasteiger partial charge in [-0.1, -0.05) is 18.2 Å². The van der Waals surface area contributed by atoms with Crippen LogP contribution in [0.15, 0.2) is 24.3 Å². The molecule has 178 valence electrons. The summed E-state index contributed by atoms with van der Waals surface area (Å²) < 4.78 is 12.6. The van der Waals surface area contributed by atoms with Gasteiger partial charge in [-0.3, -0.25) is 4.79 Å². The maximum absolute atomic E-state index is 13.5. The molecule has 1 aromatic carbocycles. The van der Waals surface area contributed by atoms with Crippen molar-refractivity contribution in [3.8, 4) is 11.6 Å². The lowest BCUT2D eigenvalue weighted by Crippen LogP contribution is -2.26. The smallest absolute Gasteiger partial charge is 0.264 e. The van der Waals surface area contributed by atoms with E-state index in [4.69, 9.17) is 14.6 Å². The molecule has 0 spiro atoms. The molecule has 0 aliphatic heterocycles. The summed E-state index contributed by atoms with van der Waals surface area (Å²) in [5, 5.41) is 5.53. The monoisotopic (exact) mass is 479 g/mol. The Morgan fingerprint density at radius 1 is 1.12 bits per heavy atom. The molecule has 3 heterocycles. The van der Waals surface area contributed by atoms with Gasteiger partial charge in [-0.15, -0.1) is 11.3 Å². The number of methoxy groups -OCH3 is 2. The van der Waals surface area contributed by atoms with Crippen LogP contribution in [-0.2, 0) is 17.9 Å². The van der Waals surface area contributed by atoms with Gasteiger partial charge in [0.2, 0.25) is 5.88 Å². The van der Waals surface area contributed by atoms with Crippen LogP contribution in [0.2, 0.25) is 0 Å². The van der Waals surface area contributed by atoms with Gasteiger partial charge in [0.05, 0.1) is 28.8 Å². The average Bonchev–Trinajstić information content (AvgIpc) is 3.29. The fourth-order valence-corrected chi connectivity index (χ4v) is 5.30. The van der Waals surface area contributed by atoms with Crippen molar-refractivity contribution >= 4 is 27.5 Å². The SMILES string of the molecule is COCc1nc(OC)c2c(C)c(C(=O)N(C)Cc3c(C)nn(-c4ccccc4C)c3C)sc2n1. The molecule has 4 aromatic rings. The van der Waals surface area contributed by atoms with Crippen molar-refractivity contribution in [2.75, 3.05) is 21.3 Å². The van der Waals surface area contributed by atoms with Crippen LogP contribution in [0.1, 0.15) is 43.6 Å². The van der Waals surface area contributed by atoms with Crippen molar-refractivity contribution in [1.82, 2.24) is 24.6 Å². The van der Waals surface area contributed by atoms with Gasteiger partial charge < -0.3 is 14.4 Å². The van der Waals surface area contributed by atoms with Gasteiger partial charge in [0.15, 0.2) is 5.82 Å². The Balaban J connectivity index is 1.66. The summed E-state index contributed by atoms with van der Waals surface area (Å²) in [6.07, 6.45) is 0. The van der Waals surface area contributed by atoms with E-state index >= 15 is 0 Å². The van der Waals surface area contributed by atoms with Crippen molar-refractivity contribution in [3.63, 3.8) is 0 Å². The Morgan fingerprint density at radius 3 is 2.53 bits per heavy atom. The molecule has 0 fully saturated rings. The van der Waals surface area contributed by atoms with E-state index in [1.54, 1.807) is 19.1 Å². The number of amides is 1. The highest BCUT2D eigenvalue weighted by atomic mass is 32.1. The summed E-state index contributed by atoms with van der Waals surface area (Å²) in [7, 11) is 4.98. The highest BCUT2D eigenvalue weighted by Gasteiger charge is 2.25. The predicted octanol–water partition coefficient (Wildman–Crippen LogP) is 4.54. The Morgan fingerprint density at radius 2 is 1.85 bits per heavy atom. The van der Waals surface area contributed by atoms with Gasteiger partial charge in [-0.05, 0) is 44.9 Å². The molecular formula is C25H29N5O3S. The number of rotatable bonds is 7. The molecule has 8 nitrogen and oxygen atoms in total. The van der Waals surface area contributed by atoms with Crippen LogP contribution in [0, 0.1) is 27.7 Å². The number of fused-ring (bicyclic) bond motifs is 1. The number of carbonyl (C=O) groups is 1. The number of hydrogen-bond acceptors (Lipinski definition) is 7. The highest BCUT2D eigenvalue weighted by Crippen LogP contribution is 2.36. The van der Waals surface area contributed by atoms with E-state index in [0.717, 1.165) is 39.2 Å². The molecule has 0 unspecified atom stereocenters. The summed E-state index contributed by atoms with van der Waals surface area (Å²) in [5.41, 5.74) is 5.98. The molecule has 0 aliphatic carbocycles. The van der Waals surface area contributed by atoms with Crippen molar-refractivity contribution < 1.29 is 14.3 Å². The molecule has 0 bridgehead atoms. The van der Waals surface area contributed by atoms with Crippen molar-refractivity contribution in [2.45, 2.75) is 40.8 Å². The minimum atomic E-state index is -0.0710. The van der Waals surface area contributed by atoms with Crippen molar-refractivity contribution in [3.05, 3.63) is 63.0 Å². The van der Waals surface area contributed by atoms with E-state index in [9.17, 15) is 4.79 Å². The molecule has 0 saturated heterocycles. The van der Waals surface area contributed by atoms with Crippen LogP contribution in [0.5, 0.6) is 5.88 Å². The molecule has 0 aliphatic rings. The number of benzene rings is 1. The van der Waals surface area contributed by atoms with Gasteiger partial charge in [0.25, 0.3) is 5.91 Å². The predicted molar refractivity (Wildman–Crippen MR) is 133 cm³/mol. The fourth-order valence-electron chi connectivity index (χ4n) is 4.11. The zero-order chi connectivity index (χ0) is 24.6. The van der Waals surface area contributed by atoms with Gasteiger partial charge in [-0.2, -0.15) is 10.1 Å². The number of thiophene rings is 1. The largest absolute Gasteiger partial charge is 0.480 e. The van der Waals surface area contributed by atoms with Crippen LogP contribution in [-0.4, -0.2) is 51.8 Å². The van der Waals surface area contributed by atoms with Crippen LogP contribution >= 0.6 is 11.3 Å². The minimum Gasteiger partial charge on any atom is -0.480 e. The third kappa shape index (κ3) is 4.17. The Bertz CT molecular complexity index is 1370. The Hall–Kier alpha value is -3.30. The molecule has 0 N–H and O–H groups in total.